The van der Waals surface area contributed by atoms with Gasteiger partial charge in [-0.2, -0.15) is 0 Å². The molecule has 1 fully saturated rings. The Morgan fingerprint density at radius 1 is 1.29 bits per heavy atom. The molecule has 5 nitrogen and oxygen atoms in total. The van der Waals surface area contributed by atoms with Crippen LogP contribution in [0.5, 0.6) is 0 Å². The third-order valence-corrected chi connectivity index (χ3v) is 4.48. The summed E-state index contributed by atoms with van der Waals surface area (Å²) in [5.74, 6) is 1.12. The molecule has 0 spiro atoms. The van der Waals surface area contributed by atoms with E-state index < -0.39 is 0 Å². The van der Waals surface area contributed by atoms with Crippen molar-refractivity contribution in [3.63, 3.8) is 0 Å². The highest BCUT2D eigenvalue weighted by molar-refractivity contribution is 5.83. The predicted octanol–water partition coefficient (Wildman–Crippen LogP) is 3.22. The molecular weight excluding hydrogens is 304 g/mol. The van der Waals surface area contributed by atoms with Crippen molar-refractivity contribution in [2.45, 2.75) is 45.6 Å². The molecule has 1 aliphatic rings. The fourth-order valence-corrected chi connectivity index (χ4v) is 2.94. The van der Waals surface area contributed by atoms with Crippen LogP contribution in [0.25, 0.3) is 11.0 Å². The fraction of sp³-hybridized carbons (Fsp3) is 0.474. The highest BCUT2D eigenvalue weighted by Gasteiger charge is 2.29. The molecule has 0 unspecified atom stereocenters. The van der Waals surface area contributed by atoms with Crippen molar-refractivity contribution in [3.05, 3.63) is 35.6 Å². The highest BCUT2D eigenvalue weighted by atomic mass is 16.3. The van der Waals surface area contributed by atoms with Gasteiger partial charge >= 0.3 is 0 Å². The summed E-state index contributed by atoms with van der Waals surface area (Å²) < 4.78 is 5.88. The molecule has 1 aromatic carbocycles. The molecule has 0 saturated heterocycles. The van der Waals surface area contributed by atoms with E-state index in [4.69, 9.17) is 4.42 Å². The molecule has 2 N–H and O–H groups in total. The van der Waals surface area contributed by atoms with Crippen molar-refractivity contribution >= 4 is 22.8 Å². The van der Waals surface area contributed by atoms with Gasteiger partial charge in [-0.05, 0) is 39.2 Å². The van der Waals surface area contributed by atoms with Crippen molar-refractivity contribution < 1.29 is 14.0 Å². The van der Waals surface area contributed by atoms with Gasteiger partial charge in [-0.3, -0.25) is 9.59 Å². The fourth-order valence-electron chi connectivity index (χ4n) is 2.94. The number of benzene rings is 1. The van der Waals surface area contributed by atoms with E-state index in [1.54, 1.807) is 0 Å². The number of furan rings is 1. The number of hydrogen-bond donors (Lipinski definition) is 2. The van der Waals surface area contributed by atoms with Gasteiger partial charge in [0.05, 0.1) is 6.04 Å². The van der Waals surface area contributed by atoms with E-state index >= 15 is 0 Å². The Hall–Kier alpha value is -2.30. The molecule has 3 rings (SSSR count). The standard InChI is InChI=1S/C19H24N2O3/c1-12-15-6-3-4-7-16(15)24-18(12)13(2)21-17(22)8-5-11-20-19(23)14-9-10-14/h3-4,6-7,13-14H,5,8-11H2,1-2H3,(H,20,23)(H,21,22)/t13-/m0/s1. The van der Waals surface area contributed by atoms with Crippen LogP contribution >= 0.6 is 0 Å². The molecule has 24 heavy (non-hydrogen) atoms. The van der Waals surface area contributed by atoms with Crippen LogP contribution in [0, 0.1) is 12.8 Å². The van der Waals surface area contributed by atoms with Crippen molar-refractivity contribution in [2.75, 3.05) is 6.54 Å². The molecule has 1 saturated carbocycles. The van der Waals surface area contributed by atoms with Gasteiger partial charge < -0.3 is 15.1 Å². The summed E-state index contributed by atoms with van der Waals surface area (Å²) in [5, 5.41) is 6.93. The molecule has 0 aliphatic heterocycles. The van der Waals surface area contributed by atoms with Crippen LogP contribution in [0.1, 0.15) is 50.0 Å². The Kier molecular flexibility index (Phi) is 4.88. The molecule has 1 aromatic heterocycles. The molecule has 0 radical (unpaired) electrons. The zero-order valence-corrected chi connectivity index (χ0v) is 14.2. The second kappa shape index (κ2) is 7.07. The van der Waals surface area contributed by atoms with Gasteiger partial charge in [-0.25, -0.2) is 0 Å². The number of para-hydroxylation sites is 1. The zero-order valence-electron chi connectivity index (χ0n) is 14.2. The number of rotatable bonds is 7. The van der Waals surface area contributed by atoms with Crippen LogP contribution in [0.3, 0.4) is 0 Å². The molecule has 0 bridgehead atoms. The lowest BCUT2D eigenvalue weighted by atomic mass is 10.1. The maximum Gasteiger partial charge on any atom is 0.223 e. The molecule has 1 heterocycles. The maximum absolute atomic E-state index is 12.1. The van der Waals surface area contributed by atoms with Crippen molar-refractivity contribution in [1.29, 1.82) is 0 Å². The summed E-state index contributed by atoms with van der Waals surface area (Å²) in [7, 11) is 0. The maximum atomic E-state index is 12.1. The molecule has 128 valence electrons. The quantitative estimate of drug-likeness (QED) is 0.767. The number of amides is 2. The first-order valence-corrected chi connectivity index (χ1v) is 8.61. The topological polar surface area (TPSA) is 71.3 Å². The van der Waals surface area contributed by atoms with E-state index in [-0.39, 0.29) is 23.8 Å². The number of carbonyl (C=O) groups excluding carboxylic acids is 2. The van der Waals surface area contributed by atoms with Crippen LogP contribution < -0.4 is 10.6 Å². The largest absolute Gasteiger partial charge is 0.459 e. The van der Waals surface area contributed by atoms with E-state index in [0.717, 1.165) is 35.1 Å². The van der Waals surface area contributed by atoms with E-state index in [1.807, 2.05) is 38.1 Å². The van der Waals surface area contributed by atoms with E-state index in [1.165, 1.54) is 0 Å². The third kappa shape index (κ3) is 3.78. The summed E-state index contributed by atoms with van der Waals surface area (Å²) in [4.78, 5) is 23.6. The van der Waals surface area contributed by atoms with Crippen LogP contribution in [-0.4, -0.2) is 18.4 Å². The van der Waals surface area contributed by atoms with Crippen molar-refractivity contribution in [1.82, 2.24) is 10.6 Å². The normalized spacial score (nSPS) is 15.2. The third-order valence-electron chi connectivity index (χ3n) is 4.48. The number of nitrogens with one attached hydrogen (secondary N) is 2. The molecule has 2 aromatic rings. The van der Waals surface area contributed by atoms with E-state index in [0.29, 0.717) is 19.4 Å². The Morgan fingerprint density at radius 2 is 2.04 bits per heavy atom. The molecule has 2 amide bonds. The second-order valence-corrected chi connectivity index (χ2v) is 6.55. The van der Waals surface area contributed by atoms with Crippen LogP contribution in [0.4, 0.5) is 0 Å². The molecule has 1 aliphatic carbocycles. The van der Waals surface area contributed by atoms with Gasteiger partial charge in [-0.1, -0.05) is 18.2 Å². The van der Waals surface area contributed by atoms with Gasteiger partial charge in [0.2, 0.25) is 11.8 Å². The monoisotopic (exact) mass is 328 g/mol. The van der Waals surface area contributed by atoms with Gasteiger partial charge in [-0.15, -0.1) is 0 Å². The van der Waals surface area contributed by atoms with E-state index in [2.05, 4.69) is 10.6 Å². The SMILES string of the molecule is Cc1c([C@H](C)NC(=O)CCCNC(=O)C2CC2)oc2ccccc12. The average molecular weight is 328 g/mol. The minimum Gasteiger partial charge on any atom is -0.459 e. The lowest BCUT2D eigenvalue weighted by molar-refractivity contribution is -0.123. The zero-order chi connectivity index (χ0) is 17.1. The number of hydrogen-bond acceptors (Lipinski definition) is 3. The highest BCUT2D eigenvalue weighted by Crippen LogP contribution is 2.29. The first-order chi connectivity index (χ1) is 11.6. The molecule has 1 atom stereocenters. The molecule has 5 heteroatoms. The number of fused-ring (bicyclic) bond motifs is 1. The summed E-state index contributed by atoms with van der Waals surface area (Å²) in [5.41, 5.74) is 1.91. The summed E-state index contributed by atoms with van der Waals surface area (Å²) >= 11 is 0. The van der Waals surface area contributed by atoms with Gasteiger partial charge in [0, 0.05) is 29.8 Å². The average Bonchev–Trinajstić information content (AvgIpc) is 3.36. The Balaban J connectivity index is 1.48. The van der Waals surface area contributed by atoms with Gasteiger partial charge in [0.25, 0.3) is 0 Å². The first-order valence-electron chi connectivity index (χ1n) is 8.61. The lowest BCUT2D eigenvalue weighted by Gasteiger charge is -2.12. The first kappa shape index (κ1) is 16.6. The van der Waals surface area contributed by atoms with Crippen LogP contribution in [0.15, 0.2) is 28.7 Å². The van der Waals surface area contributed by atoms with Gasteiger partial charge in [0.1, 0.15) is 11.3 Å². The summed E-state index contributed by atoms with van der Waals surface area (Å²) in [6.45, 7) is 4.50. The Bertz CT molecular complexity index is 746. The van der Waals surface area contributed by atoms with Crippen molar-refractivity contribution in [3.8, 4) is 0 Å². The Labute approximate surface area is 141 Å². The second-order valence-electron chi connectivity index (χ2n) is 6.55. The molecular formula is C19H24N2O3. The lowest BCUT2D eigenvalue weighted by Crippen LogP contribution is -2.29. The van der Waals surface area contributed by atoms with Crippen LogP contribution in [-0.2, 0) is 9.59 Å². The minimum atomic E-state index is -0.175. The predicted molar refractivity (Wildman–Crippen MR) is 92.5 cm³/mol. The Morgan fingerprint density at radius 3 is 2.75 bits per heavy atom. The van der Waals surface area contributed by atoms with E-state index in [9.17, 15) is 9.59 Å². The minimum absolute atomic E-state index is 0.0250. The smallest absolute Gasteiger partial charge is 0.223 e. The number of carbonyl (C=O) groups is 2. The van der Waals surface area contributed by atoms with Crippen molar-refractivity contribution in [2.24, 2.45) is 5.92 Å². The van der Waals surface area contributed by atoms with Crippen LogP contribution in [0.2, 0.25) is 0 Å². The summed E-state index contributed by atoms with van der Waals surface area (Å²) in [6, 6.07) is 7.70. The number of aryl methyl sites for hydroxylation is 1. The van der Waals surface area contributed by atoms with Gasteiger partial charge in [0.15, 0.2) is 0 Å². The summed E-state index contributed by atoms with van der Waals surface area (Å²) in [6.07, 6.45) is 3.05.